The van der Waals surface area contributed by atoms with Crippen molar-refractivity contribution in [3.05, 3.63) is 64.1 Å². The SMILES string of the molecule is COc1cc2c(cc1Nc1ncc(Cl)c(N3C[C@@](C)(CC(=O)O)c4ccc(F)cc43)n1)CN(C)CC2. The summed E-state index contributed by atoms with van der Waals surface area (Å²) in [7, 11) is 3.71. The molecule has 0 bridgehead atoms. The predicted octanol–water partition coefficient (Wildman–Crippen LogP) is 4.89. The van der Waals surface area contributed by atoms with Crippen LogP contribution < -0.4 is 15.0 Å². The monoisotopic (exact) mass is 511 g/mol. The van der Waals surface area contributed by atoms with Gasteiger partial charge in [-0.15, -0.1) is 0 Å². The molecule has 0 spiro atoms. The average molecular weight is 512 g/mol. The van der Waals surface area contributed by atoms with Crippen LogP contribution in [0.5, 0.6) is 5.75 Å². The Kier molecular flexibility index (Phi) is 6.22. The minimum Gasteiger partial charge on any atom is -0.495 e. The first kappa shape index (κ1) is 24.3. The lowest BCUT2D eigenvalue weighted by molar-refractivity contribution is -0.138. The van der Waals surface area contributed by atoms with Crippen molar-refractivity contribution in [2.24, 2.45) is 0 Å². The first-order chi connectivity index (χ1) is 17.2. The van der Waals surface area contributed by atoms with Crippen molar-refractivity contribution in [3.63, 3.8) is 0 Å². The number of carboxylic acids is 1. The maximum absolute atomic E-state index is 14.2. The van der Waals surface area contributed by atoms with Crippen molar-refractivity contribution in [1.29, 1.82) is 0 Å². The molecule has 0 aliphatic carbocycles. The van der Waals surface area contributed by atoms with Crippen LogP contribution >= 0.6 is 11.6 Å². The van der Waals surface area contributed by atoms with E-state index in [1.807, 2.05) is 19.1 Å². The van der Waals surface area contributed by atoms with E-state index in [9.17, 15) is 14.3 Å². The Balaban J connectivity index is 1.52. The normalized spacial score (nSPS) is 19.1. The van der Waals surface area contributed by atoms with Crippen LogP contribution in [0, 0.1) is 5.82 Å². The van der Waals surface area contributed by atoms with Gasteiger partial charge < -0.3 is 25.0 Å². The molecule has 188 valence electrons. The zero-order valence-corrected chi connectivity index (χ0v) is 21.1. The zero-order chi connectivity index (χ0) is 25.6. The smallest absolute Gasteiger partial charge is 0.304 e. The van der Waals surface area contributed by atoms with E-state index < -0.39 is 17.2 Å². The van der Waals surface area contributed by atoms with Crippen LogP contribution in [0.3, 0.4) is 0 Å². The van der Waals surface area contributed by atoms with Gasteiger partial charge in [-0.05, 0) is 54.4 Å². The lowest BCUT2D eigenvalue weighted by atomic mass is 9.81. The number of anilines is 4. The summed E-state index contributed by atoms with van der Waals surface area (Å²) in [6, 6.07) is 8.45. The van der Waals surface area contributed by atoms with Crippen molar-refractivity contribution < 1.29 is 19.0 Å². The molecule has 0 amide bonds. The first-order valence-corrected chi connectivity index (χ1v) is 12.0. The summed E-state index contributed by atoms with van der Waals surface area (Å²) in [5.74, 6) is -0.0176. The van der Waals surface area contributed by atoms with Crippen molar-refractivity contribution in [1.82, 2.24) is 14.9 Å². The first-order valence-electron chi connectivity index (χ1n) is 11.6. The Bertz CT molecular complexity index is 1350. The molecule has 8 nitrogen and oxygen atoms in total. The third-order valence-corrected chi connectivity index (χ3v) is 7.17. The van der Waals surface area contributed by atoms with Gasteiger partial charge in [-0.2, -0.15) is 4.98 Å². The lowest BCUT2D eigenvalue weighted by Crippen LogP contribution is -2.31. The fourth-order valence-corrected chi connectivity index (χ4v) is 5.35. The van der Waals surface area contributed by atoms with E-state index in [4.69, 9.17) is 16.3 Å². The van der Waals surface area contributed by atoms with Gasteiger partial charge in [0.15, 0.2) is 5.82 Å². The lowest BCUT2D eigenvalue weighted by Gasteiger charge is -2.26. The number of aromatic nitrogens is 2. The van der Waals surface area contributed by atoms with Crippen LogP contribution in [0.2, 0.25) is 5.02 Å². The number of aliphatic carboxylic acids is 1. The number of likely N-dealkylation sites (N-methyl/N-ethyl adjacent to an activating group) is 1. The van der Waals surface area contributed by atoms with E-state index in [0.717, 1.165) is 30.8 Å². The number of nitrogens with one attached hydrogen (secondary N) is 1. The Hall–Kier alpha value is -3.43. The molecular weight excluding hydrogens is 485 g/mol. The van der Waals surface area contributed by atoms with Gasteiger partial charge in [0.25, 0.3) is 0 Å². The van der Waals surface area contributed by atoms with Crippen LogP contribution in [0.4, 0.5) is 27.5 Å². The minimum atomic E-state index is -0.934. The van der Waals surface area contributed by atoms with Gasteiger partial charge in [0.1, 0.15) is 16.6 Å². The molecule has 1 atom stereocenters. The standard InChI is InChI=1S/C26H27ClFN5O3/c1-26(11-23(34)35)14-33(21-10-17(28)4-5-18(21)26)24-19(27)12-29-25(31-24)30-20-8-16-13-32(2)7-6-15(16)9-22(20)36-3/h4-5,8-10,12H,6-7,11,13-14H2,1-3H3,(H,34,35)(H,29,30,31)/t26-/m1/s1. The zero-order valence-electron chi connectivity index (χ0n) is 20.3. The summed E-state index contributed by atoms with van der Waals surface area (Å²) in [5, 5.41) is 13.0. The second-order valence-corrected chi connectivity index (χ2v) is 10.1. The van der Waals surface area contributed by atoms with Gasteiger partial charge in [-0.1, -0.05) is 24.6 Å². The van der Waals surface area contributed by atoms with Crippen molar-refractivity contribution in [3.8, 4) is 5.75 Å². The molecule has 0 radical (unpaired) electrons. The van der Waals surface area contributed by atoms with E-state index in [2.05, 4.69) is 27.2 Å². The van der Waals surface area contributed by atoms with E-state index in [1.165, 1.54) is 29.5 Å². The largest absolute Gasteiger partial charge is 0.495 e. The van der Waals surface area contributed by atoms with Crippen molar-refractivity contribution in [2.75, 3.05) is 37.5 Å². The van der Waals surface area contributed by atoms with Gasteiger partial charge in [-0.3, -0.25) is 4.79 Å². The molecule has 5 rings (SSSR count). The summed E-state index contributed by atoms with van der Waals surface area (Å²) in [6.07, 6.45) is 2.32. The molecule has 3 aromatic rings. The summed E-state index contributed by atoms with van der Waals surface area (Å²) in [4.78, 5) is 24.6. The van der Waals surface area contributed by atoms with Crippen LogP contribution in [-0.2, 0) is 23.2 Å². The highest BCUT2D eigenvalue weighted by atomic mass is 35.5. The number of rotatable bonds is 6. The molecule has 3 heterocycles. The van der Waals surface area contributed by atoms with E-state index in [-0.39, 0.29) is 18.0 Å². The highest BCUT2D eigenvalue weighted by Gasteiger charge is 2.42. The van der Waals surface area contributed by atoms with E-state index in [0.29, 0.717) is 23.2 Å². The molecular formula is C26H27ClFN5O3. The van der Waals surface area contributed by atoms with E-state index >= 15 is 0 Å². The van der Waals surface area contributed by atoms with Crippen LogP contribution in [-0.4, -0.2) is 53.2 Å². The molecule has 2 N–H and O–H groups in total. The highest BCUT2D eigenvalue weighted by molar-refractivity contribution is 6.33. The number of hydrogen-bond acceptors (Lipinski definition) is 7. The summed E-state index contributed by atoms with van der Waals surface area (Å²) in [5.41, 5.74) is 3.71. The number of benzene rings is 2. The molecule has 0 saturated heterocycles. The number of nitrogens with zero attached hydrogens (tertiary/aromatic N) is 4. The molecule has 2 aromatic carbocycles. The maximum atomic E-state index is 14.2. The highest BCUT2D eigenvalue weighted by Crippen LogP contribution is 2.47. The molecule has 2 aliphatic heterocycles. The van der Waals surface area contributed by atoms with Gasteiger partial charge in [0.2, 0.25) is 5.95 Å². The van der Waals surface area contributed by atoms with E-state index in [1.54, 1.807) is 18.1 Å². The number of hydrogen-bond donors (Lipinski definition) is 2. The van der Waals surface area contributed by atoms with Gasteiger partial charge in [-0.25, -0.2) is 9.37 Å². The number of ether oxygens (including phenoxy) is 1. The minimum absolute atomic E-state index is 0.114. The number of carbonyl (C=O) groups is 1. The number of carboxylic acid groups (broad SMARTS) is 1. The third kappa shape index (κ3) is 4.44. The Labute approximate surface area is 213 Å². The number of fused-ring (bicyclic) bond motifs is 2. The van der Waals surface area contributed by atoms with Crippen LogP contribution in [0.25, 0.3) is 0 Å². The molecule has 1 aromatic heterocycles. The fourth-order valence-electron chi connectivity index (χ4n) is 5.15. The van der Waals surface area contributed by atoms with Crippen molar-refractivity contribution >= 4 is 40.7 Å². The third-order valence-electron chi connectivity index (χ3n) is 6.90. The number of halogens is 2. The van der Waals surface area contributed by atoms with Gasteiger partial charge >= 0.3 is 5.97 Å². The quantitative estimate of drug-likeness (QED) is 0.483. The van der Waals surface area contributed by atoms with Crippen LogP contribution in [0.15, 0.2) is 36.5 Å². The molecule has 0 fully saturated rings. The molecule has 0 unspecified atom stereocenters. The van der Waals surface area contributed by atoms with Gasteiger partial charge in [0, 0.05) is 30.7 Å². The Morgan fingerprint density at radius 1 is 1.31 bits per heavy atom. The molecule has 36 heavy (non-hydrogen) atoms. The second kappa shape index (κ2) is 9.22. The average Bonchev–Trinajstić information content (AvgIpc) is 3.10. The Morgan fingerprint density at radius 3 is 2.86 bits per heavy atom. The summed E-state index contributed by atoms with van der Waals surface area (Å²) < 4.78 is 19.9. The Morgan fingerprint density at radius 2 is 2.11 bits per heavy atom. The molecule has 0 saturated carbocycles. The predicted molar refractivity (Wildman–Crippen MR) is 136 cm³/mol. The summed E-state index contributed by atoms with van der Waals surface area (Å²) >= 11 is 6.52. The number of methoxy groups -OCH3 is 1. The van der Waals surface area contributed by atoms with Crippen LogP contribution in [0.1, 0.15) is 30.0 Å². The summed E-state index contributed by atoms with van der Waals surface area (Å²) in [6.45, 7) is 3.95. The van der Waals surface area contributed by atoms with Gasteiger partial charge in [0.05, 0.1) is 25.4 Å². The fraction of sp³-hybridized carbons (Fsp3) is 0.346. The molecule has 10 heteroatoms. The van der Waals surface area contributed by atoms with Crippen molar-refractivity contribution in [2.45, 2.75) is 31.7 Å². The topological polar surface area (TPSA) is 90.8 Å². The maximum Gasteiger partial charge on any atom is 0.304 e. The molecule has 2 aliphatic rings. The second-order valence-electron chi connectivity index (χ2n) is 9.68.